The smallest absolute Gasteiger partial charge is 0.111 e. The highest BCUT2D eigenvalue weighted by Gasteiger charge is 1.93. The number of rotatable bonds is 7. The van der Waals surface area contributed by atoms with Crippen LogP contribution in [0.3, 0.4) is 0 Å². The first-order valence-electron chi connectivity index (χ1n) is 5.37. The Kier molecular flexibility index (Phi) is 6.30. The summed E-state index contributed by atoms with van der Waals surface area (Å²) in [5, 5.41) is 8.48. The van der Waals surface area contributed by atoms with Gasteiger partial charge in [0.15, 0.2) is 0 Å². The van der Waals surface area contributed by atoms with Gasteiger partial charge in [0.1, 0.15) is 6.61 Å². The molecule has 0 saturated heterocycles. The van der Waals surface area contributed by atoms with Crippen molar-refractivity contribution in [1.82, 2.24) is 0 Å². The van der Waals surface area contributed by atoms with Crippen LogP contribution in [0.1, 0.15) is 12.5 Å². The van der Waals surface area contributed by atoms with Gasteiger partial charge >= 0.3 is 0 Å². The number of ether oxygens (including phenoxy) is 2. The maximum absolute atomic E-state index is 8.48. The average Bonchev–Trinajstić information content (AvgIpc) is 2.34. The summed E-state index contributed by atoms with van der Waals surface area (Å²) >= 11 is 0. The second-order valence-corrected chi connectivity index (χ2v) is 3.37. The lowest BCUT2D eigenvalue weighted by atomic mass is 10.1. The van der Waals surface area contributed by atoms with Gasteiger partial charge in [-0.3, -0.25) is 0 Å². The van der Waals surface area contributed by atoms with E-state index in [1.165, 1.54) is 0 Å². The van der Waals surface area contributed by atoms with Gasteiger partial charge in [0.25, 0.3) is 0 Å². The van der Waals surface area contributed by atoms with Gasteiger partial charge in [0, 0.05) is 0 Å². The van der Waals surface area contributed by atoms with Gasteiger partial charge in [-0.2, -0.15) is 0 Å². The highest BCUT2D eigenvalue weighted by atomic mass is 16.5. The lowest BCUT2D eigenvalue weighted by molar-refractivity contribution is 0.0603. The molecule has 1 aromatic rings. The van der Waals surface area contributed by atoms with E-state index < -0.39 is 0 Å². The van der Waals surface area contributed by atoms with Crippen LogP contribution >= 0.6 is 0 Å². The molecule has 0 amide bonds. The molecule has 1 N–H and O–H groups in total. The standard InChI is InChI=1S/C13H18O3/c1-12(13-5-3-2-4-6-13)11-16-10-9-15-8-7-14/h2-6,11,14H,7-10H2,1H3. The second-order valence-electron chi connectivity index (χ2n) is 3.37. The minimum atomic E-state index is 0.0544. The summed E-state index contributed by atoms with van der Waals surface area (Å²) in [6, 6.07) is 10.1. The van der Waals surface area contributed by atoms with Gasteiger partial charge in [-0.05, 0) is 18.1 Å². The molecule has 0 aliphatic carbocycles. The summed E-state index contributed by atoms with van der Waals surface area (Å²) in [7, 11) is 0. The Labute approximate surface area is 96.3 Å². The third kappa shape index (κ3) is 4.96. The molecule has 0 saturated carbocycles. The molecule has 0 heterocycles. The predicted molar refractivity (Wildman–Crippen MR) is 63.9 cm³/mol. The SMILES string of the molecule is CC(=COCCOCCO)c1ccccc1. The van der Waals surface area contributed by atoms with Gasteiger partial charge in [-0.15, -0.1) is 0 Å². The Balaban J connectivity index is 2.24. The lowest BCUT2D eigenvalue weighted by Gasteiger charge is -2.04. The van der Waals surface area contributed by atoms with Crippen LogP contribution in [0.5, 0.6) is 0 Å². The van der Waals surface area contributed by atoms with Gasteiger partial charge in [0.2, 0.25) is 0 Å². The van der Waals surface area contributed by atoms with E-state index in [0.717, 1.165) is 11.1 Å². The van der Waals surface area contributed by atoms with E-state index in [1.807, 2.05) is 37.3 Å². The van der Waals surface area contributed by atoms with Crippen molar-refractivity contribution in [2.45, 2.75) is 6.92 Å². The molecule has 88 valence electrons. The number of hydrogen-bond acceptors (Lipinski definition) is 3. The monoisotopic (exact) mass is 222 g/mol. The molecule has 3 heteroatoms. The molecule has 1 aromatic carbocycles. The quantitative estimate of drug-likeness (QED) is 0.567. The normalized spacial score (nSPS) is 11.5. The van der Waals surface area contributed by atoms with Gasteiger partial charge in [0.05, 0.1) is 26.1 Å². The van der Waals surface area contributed by atoms with Crippen molar-refractivity contribution < 1.29 is 14.6 Å². The zero-order valence-corrected chi connectivity index (χ0v) is 9.56. The van der Waals surface area contributed by atoms with Crippen LogP contribution in [-0.2, 0) is 9.47 Å². The molecule has 0 atom stereocenters. The van der Waals surface area contributed by atoms with Crippen molar-refractivity contribution in [1.29, 1.82) is 0 Å². The van der Waals surface area contributed by atoms with Crippen LogP contribution in [0.2, 0.25) is 0 Å². The topological polar surface area (TPSA) is 38.7 Å². The third-order valence-electron chi connectivity index (χ3n) is 2.07. The lowest BCUT2D eigenvalue weighted by Crippen LogP contribution is -2.05. The molecule has 0 aliphatic heterocycles. The van der Waals surface area contributed by atoms with E-state index in [2.05, 4.69) is 0 Å². The Morgan fingerprint density at radius 1 is 1.19 bits per heavy atom. The van der Waals surface area contributed by atoms with Gasteiger partial charge < -0.3 is 14.6 Å². The second kappa shape index (κ2) is 7.91. The van der Waals surface area contributed by atoms with Crippen molar-refractivity contribution in [3.05, 3.63) is 42.2 Å². The number of aliphatic hydroxyl groups is 1. The summed E-state index contributed by atoms with van der Waals surface area (Å²) in [6.45, 7) is 3.43. The van der Waals surface area contributed by atoms with E-state index in [9.17, 15) is 0 Å². The number of aliphatic hydroxyl groups excluding tert-OH is 1. The highest BCUT2D eigenvalue weighted by Crippen LogP contribution is 2.12. The molecule has 1 rings (SSSR count). The molecular weight excluding hydrogens is 204 g/mol. The van der Waals surface area contributed by atoms with Crippen molar-refractivity contribution in [2.24, 2.45) is 0 Å². The van der Waals surface area contributed by atoms with E-state index in [-0.39, 0.29) is 6.61 Å². The maximum atomic E-state index is 8.48. The molecule has 0 aliphatic rings. The molecule has 0 radical (unpaired) electrons. The van der Waals surface area contributed by atoms with E-state index in [1.54, 1.807) is 6.26 Å². The summed E-state index contributed by atoms with van der Waals surface area (Å²) in [5.74, 6) is 0. The van der Waals surface area contributed by atoms with Crippen LogP contribution in [-0.4, -0.2) is 31.5 Å². The molecular formula is C13H18O3. The Hall–Kier alpha value is -1.32. The Morgan fingerprint density at radius 3 is 2.62 bits per heavy atom. The molecule has 0 bridgehead atoms. The molecule has 0 spiro atoms. The first-order valence-corrected chi connectivity index (χ1v) is 5.37. The van der Waals surface area contributed by atoms with Crippen LogP contribution in [0.4, 0.5) is 0 Å². The first-order chi connectivity index (χ1) is 7.84. The third-order valence-corrected chi connectivity index (χ3v) is 2.07. The molecule has 0 fully saturated rings. The minimum absolute atomic E-state index is 0.0544. The van der Waals surface area contributed by atoms with Crippen molar-refractivity contribution in [3.8, 4) is 0 Å². The largest absolute Gasteiger partial charge is 0.498 e. The zero-order valence-electron chi connectivity index (χ0n) is 9.56. The summed E-state index contributed by atoms with van der Waals surface area (Å²) in [4.78, 5) is 0. The van der Waals surface area contributed by atoms with E-state index >= 15 is 0 Å². The van der Waals surface area contributed by atoms with E-state index in [0.29, 0.717) is 19.8 Å². The Morgan fingerprint density at radius 2 is 1.94 bits per heavy atom. The average molecular weight is 222 g/mol. The molecule has 0 aromatic heterocycles. The van der Waals surface area contributed by atoms with Crippen LogP contribution in [0, 0.1) is 0 Å². The van der Waals surface area contributed by atoms with Crippen LogP contribution in [0.15, 0.2) is 36.6 Å². The number of allylic oxidation sites excluding steroid dienone is 1. The summed E-state index contributed by atoms with van der Waals surface area (Å²) in [6.07, 6.45) is 1.73. The summed E-state index contributed by atoms with van der Waals surface area (Å²) in [5.41, 5.74) is 2.24. The fourth-order valence-corrected chi connectivity index (χ4v) is 1.23. The highest BCUT2D eigenvalue weighted by molar-refractivity contribution is 5.62. The van der Waals surface area contributed by atoms with Gasteiger partial charge in [-0.25, -0.2) is 0 Å². The molecule has 3 nitrogen and oxygen atoms in total. The number of hydrogen-bond donors (Lipinski definition) is 1. The van der Waals surface area contributed by atoms with Crippen molar-refractivity contribution in [3.63, 3.8) is 0 Å². The minimum Gasteiger partial charge on any atom is -0.498 e. The van der Waals surface area contributed by atoms with Gasteiger partial charge in [-0.1, -0.05) is 30.3 Å². The molecule has 0 unspecified atom stereocenters. The van der Waals surface area contributed by atoms with Crippen LogP contribution < -0.4 is 0 Å². The fraction of sp³-hybridized carbons (Fsp3) is 0.385. The maximum Gasteiger partial charge on any atom is 0.111 e. The summed E-state index contributed by atoms with van der Waals surface area (Å²) < 4.78 is 10.4. The number of benzene rings is 1. The predicted octanol–water partition coefficient (Wildman–Crippen LogP) is 2.07. The zero-order chi connectivity index (χ0) is 11.6. The van der Waals surface area contributed by atoms with Crippen molar-refractivity contribution in [2.75, 3.05) is 26.4 Å². The first kappa shape index (κ1) is 12.7. The van der Waals surface area contributed by atoms with Crippen molar-refractivity contribution >= 4 is 5.57 Å². The van der Waals surface area contributed by atoms with E-state index in [4.69, 9.17) is 14.6 Å². The van der Waals surface area contributed by atoms with Crippen LogP contribution in [0.25, 0.3) is 5.57 Å². The molecule has 16 heavy (non-hydrogen) atoms. The fourth-order valence-electron chi connectivity index (χ4n) is 1.23. The Bertz CT molecular complexity index is 306.